The molecule has 0 fully saturated rings. The van der Waals surface area contributed by atoms with Crippen LogP contribution < -0.4 is 10.5 Å². The van der Waals surface area contributed by atoms with Gasteiger partial charge < -0.3 is 10.5 Å². The van der Waals surface area contributed by atoms with Crippen molar-refractivity contribution >= 4 is 15.9 Å². The largest absolute Gasteiger partial charge is 0.457 e. The van der Waals surface area contributed by atoms with Crippen molar-refractivity contribution in [1.29, 1.82) is 0 Å². The Morgan fingerprint density at radius 3 is 2.38 bits per heavy atom. The molecule has 0 saturated heterocycles. The van der Waals surface area contributed by atoms with Crippen LogP contribution in [0, 0.1) is 0 Å². The van der Waals surface area contributed by atoms with Gasteiger partial charge in [-0.3, -0.25) is 0 Å². The fraction of sp³-hybridized carbons (Fsp3) is 0.200. The molecule has 0 aliphatic carbocycles. The zero-order valence-electron chi connectivity index (χ0n) is 11.1. The van der Waals surface area contributed by atoms with E-state index in [0.29, 0.717) is 10.2 Å². The van der Waals surface area contributed by atoms with Crippen LogP contribution in [0.4, 0.5) is 13.2 Å². The summed E-state index contributed by atoms with van der Waals surface area (Å²) in [6.07, 6.45) is -4.46. The number of halogens is 4. The van der Waals surface area contributed by atoms with Gasteiger partial charge in [0.2, 0.25) is 0 Å². The van der Waals surface area contributed by atoms with E-state index in [0.717, 1.165) is 11.6 Å². The van der Waals surface area contributed by atoms with E-state index in [1.807, 2.05) is 6.92 Å². The lowest BCUT2D eigenvalue weighted by Gasteiger charge is -2.15. The van der Waals surface area contributed by atoms with Crippen molar-refractivity contribution < 1.29 is 17.9 Å². The predicted molar refractivity (Wildman–Crippen MR) is 78.3 cm³/mol. The molecule has 0 radical (unpaired) electrons. The van der Waals surface area contributed by atoms with Gasteiger partial charge in [-0.05, 0) is 36.8 Å². The molecular formula is C15H13BrF3NO. The van der Waals surface area contributed by atoms with E-state index in [1.54, 1.807) is 18.2 Å². The maximum absolute atomic E-state index is 12.9. The Balaban J connectivity index is 2.33. The second kappa shape index (κ2) is 6.07. The standard InChI is InChI=1S/C15H13BrF3NO/c1-9(20)11-7-6-10(8-13(11)16)21-14-5-3-2-4-12(14)15(17,18)19/h2-9H,20H2,1H3/t9-/m1/s1. The van der Waals surface area contributed by atoms with Crippen molar-refractivity contribution in [2.45, 2.75) is 19.1 Å². The number of nitrogens with two attached hydrogens (primary N) is 1. The summed E-state index contributed by atoms with van der Waals surface area (Å²) in [5.74, 6) is 0.0772. The van der Waals surface area contributed by atoms with E-state index < -0.39 is 11.7 Å². The minimum atomic E-state index is -4.46. The lowest BCUT2D eigenvalue weighted by atomic mass is 10.1. The molecule has 2 aromatic carbocycles. The Labute approximate surface area is 128 Å². The maximum atomic E-state index is 12.9. The lowest BCUT2D eigenvalue weighted by Crippen LogP contribution is -2.07. The molecule has 2 rings (SSSR count). The van der Waals surface area contributed by atoms with Crippen molar-refractivity contribution in [1.82, 2.24) is 0 Å². The fourth-order valence-corrected chi connectivity index (χ4v) is 2.58. The molecule has 2 N–H and O–H groups in total. The van der Waals surface area contributed by atoms with Crippen molar-refractivity contribution in [3.8, 4) is 11.5 Å². The fourth-order valence-electron chi connectivity index (χ4n) is 1.86. The summed E-state index contributed by atoms with van der Waals surface area (Å²) in [4.78, 5) is 0. The summed E-state index contributed by atoms with van der Waals surface area (Å²) in [5, 5.41) is 0. The van der Waals surface area contributed by atoms with E-state index in [4.69, 9.17) is 10.5 Å². The molecule has 0 unspecified atom stereocenters. The highest BCUT2D eigenvalue weighted by Gasteiger charge is 2.34. The molecule has 2 nitrogen and oxygen atoms in total. The van der Waals surface area contributed by atoms with Crippen LogP contribution in [-0.2, 0) is 6.18 Å². The monoisotopic (exact) mass is 359 g/mol. The van der Waals surface area contributed by atoms with Gasteiger partial charge in [-0.1, -0.05) is 34.1 Å². The van der Waals surface area contributed by atoms with Crippen molar-refractivity contribution in [2.24, 2.45) is 5.73 Å². The van der Waals surface area contributed by atoms with E-state index in [1.165, 1.54) is 18.2 Å². The lowest BCUT2D eigenvalue weighted by molar-refractivity contribution is -0.138. The number of alkyl halides is 3. The number of para-hydroxylation sites is 1. The minimum Gasteiger partial charge on any atom is -0.457 e. The average molecular weight is 360 g/mol. The third-order valence-corrected chi connectivity index (χ3v) is 3.57. The number of hydrogen-bond acceptors (Lipinski definition) is 2. The molecule has 0 aromatic heterocycles. The molecular weight excluding hydrogens is 347 g/mol. The van der Waals surface area contributed by atoms with E-state index in [-0.39, 0.29) is 11.8 Å². The van der Waals surface area contributed by atoms with Gasteiger partial charge in [-0.15, -0.1) is 0 Å². The van der Waals surface area contributed by atoms with Crippen LogP contribution in [-0.4, -0.2) is 0 Å². The van der Waals surface area contributed by atoms with Crippen LogP contribution in [0.1, 0.15) is 24.1 Å². The van der Waals surface area contributed by atoms with E-state index in [2.05, 4.69) is 15.9 Å². The summed E-state index contributed by atoms with van der Waals surface area (Å²) < 4.78 is 44.7. The first-order valence-electron chi connectivity index (χ1n) is 6.18. The van der Waals surface area contributed by atoms with Gasteiger partial charge in [0.15, 0.2) is 0 Å². The van der Waals surface area contributed by atoms with Gasteiger partial charge in [-0.2, -0.15) is 13.2 Å². The van der Waals surface area contributed by atoms with Crippen LogP contribution in [0.3, 0.4) is 0 Å². The van der Waals surface area contributed by atoms with Crippen molar-refractivity contribution in [2.75, 3.05) is 0 Å². The number of ether oxygens (including phenoxy) is 1. The first-order valence-corrected chi connectivity index (χ1v) is 6.97. The Hall–Kier alpha value is -1.53. The number of hydrogen-bond donors (Lipinski definition) is 1. The first-order chi connectivity index (χ1) is 9.79. The molecule has 6 heteroatoms. The van der Waals surface area contributed by atoms with Gasteiger partial charge in [0.25, 0.3) is 0 Å². The van der Waals surface area contributed by atoms with E-state index >= 15 is 0 Å². The first kappa shape index (κ1) is 15.9. The van der Waals surface area contributed by atoms with Gasteiger partial charge in [-0.25, -0.2) is 0 Å². The minimum absolute atomic E-state index is 0.184. The second-order valence-corrected chi connectivity index (χ2v) is 5.42. The second-order valence-electron chi connectivity index (χ2n) is 4.57. The highest BCUT2D eigenvalue weighted by Crippen LogP contribution is 2.38. The normalized spacial score (nSPS) is 13.0. The van der Waals surface area contributed by atoms with Crippen LogP contribution in [0.2, 0.25) is 0 Å². The molecule has 0 saturated carbocycles. The Morgan fingerprint density at radius 1 is 1.14 bits per heavy atom. The Bertz CT molecular complexity index is 641. The molecule has 0 bridgehead atoms. The van der Waals surface area contributed by atoms with Gasteiger partial charge in [0, 0.05) is 10.5 Å². The highest BCUT2D eigenvalue weighted by molar-refractivity contribution is 9.10. The summed E-state index contributed by atoms with van der Waals surface area (Å²) >= 11 is 3.34. The van der Waals surface area contributed by atoms with Gasteiger partial charge in [0.05, 0.1) is 5.56 Å². The molecule has 1 atom stereocenters. The quantitative estimate of drug-likeness (QED) is 0.808. The summed E-state index contributed by atoms with van der Waals surface area (Å²) in [7, 11) is 0. The molecule has 21 heavy (non-hydrogen) atoms. The molecule has 112 valence electrons. The zero-order valence-corrected chi connectivity index (χ0v) is 12.7. The van der Waals surface area contributed by atoms with Gasteiger partial charge in [0.1, 0.15) is 11.5 Å². The van der Waals surface area contributed by atoms with Crippen LogP contribution in [0.15, 0.2) is 46.9 Å². The Morgan fingerprint density at radius 2 is 1.81 bits per heavy atom. The third-order valence-electron chi connectivity index (χ3n) is 2.88. The number of rotatable bonds is 3. The summed E-state index contributed by atoms with van der Waals surface area (Å²) in [6, 6.07) is 9.83. The number of benzene rings is 2. The van der Waals surface area contributed by atoms with Crippen molar-refractivity contribution in [3.05, 3.63) is 58.1 Å². The third kappa shape index (κ3) is 3.77. The average Bonchev–Trinajstić information content (AvgIpc) is 2.37. The SMILES string of the molecule is C[C@@H](N)c1ccc(Oc2ccccc2C(F)(F)F)cc1Br. The molecule has 0 heterocycles. The van der Waals surface area contributed by atoms with Crippen LogP contribution in [0.5, 0.6) is 11.5 Å². The van der Waals surface area contributed by atoms with Crippen LogP contribution >= 0.6 is 15.9 Å². The summed E-state index contributed by atoms with van der Waals surface area (Å²) in [5.41, 5.74) is 5.82. The van der Waals surface area contributed by atoms with Crippen LogP contribution in [0.25, 0.3) is 0 Å². The zero-order chi connectivity index (χ0) is 15.6. The molecule has 0 amide bonds. The molecule has 0 aliphatic heterocycles. The molecule has 0 aliphatic rings. The highest BCUT2D eigenvalue weighted by atomic mass is 79.9. The summed E-state index contributed by atoms with van der Waals surface area (Å²) in [6.45, 7) is 1.82. The van der Waals surface area contributed by atoms with Gasteiger partial charge >= 0.3 is 6.18 Å². The van der Waals surface area contributed by atoms with E-state index in [9.17, 15) is 13.2 Å². The molecule has 2 aromatic rings. The maximum Gasteiger partial charge on any atom is 0.419 e. The topological polar surface area (TPSA) is 35.2 Å². The predicted octanol–water partition coefficient (Wildman–Crippen LogP) is 5.28. The van der Waals surface area contributed by atoms with Crippen molar-refractivity contribution in [3.63, 3.8) is 0 Å². The Kier molecular flexibility index (Phi) is 4.58. The molecule has 0 spiro atoms. The smallest absolute Gasteiger partial charge is 0.419 e.